The van der Waals surface area contributed by atoms with Crippen LogP contribution in [0.1, 0.15) is 70.5 Å². The largest absolute Gasteiger partial charge is 0.466 e. The molecule has 1 aliphatic carbocycles. The van der Waals surface area contributed by atoms with E-state index < -0.39 is 17.4 Å². The Bertz CT molecular complexity index is 774. The Hall–Kier alpha value is -2.22. The number of hydrogen-bond donors (Lipinski definition) is 0. The van der Waals surface area contributed by atoms with Gasteiger partial charge in [0.05, 0.1) is 30.8 Å². The topological polar surface area (TPSA) is 96.0 Å². The number of hydrogen-bond acceptors (Lipinski definition) is 8. The van der Waals surface area contributed by atoms with Crippen molar-refractivity contribution in [2.75, 3.05) is 19.8 Å². The maximum Gasteiger partial charge on any atom is 0.348 e. The second kappa shape index (κ2) is 9.32. The molecule has 0 radical (unpaired) electrons. The van der Waals surface area contributed by atoms with Gasteiger partial charge in [0.2, 0.25) is 0 Å². The fourth-order valence-electron chi connectivity index (χ4n) is 3.07. The lowest BCUT2D eigenvalue weighted by molar-refractivity contribution is -0.151. The molecular formula is C20H26O7S. The monoisotopic (exact) mass is 410 g/mol. The molecule has 154 valence electrons. The number of esters is 3. The van der Waals surface area contributed by atoms with Crippen molar-refractivity contribution in [1.82, 2.24) is 0 Å². The first-order valence-corrected chi connectivity index (χ1v) is 10.3. The van der Waals surface area contributed by atoms with E-state index in [4.69, 9.17) is 14.2 Å². The molecule has 0 bridgehead atoms. The van der Waals surface area contributed by atoms with Crippen LogP contribution in [-0.4, -0.2) is 43.5 Å². The van der Waals surface area contributed by atoms with Crippen LogP contribution in [0.2, 0.25) is 0 Å². The molecule has 8 heteroatoms. The van der Waals surface area contributed by atoms with Gasteiger partial charge >= 0.3 is 17.9 Å². The van der Waals surface area contributed by atoms with Crippen LogP contribution in [0.25, 0.3) is 0 Å². The molecule has 2 rings (SSSR count). The zero-order chi connectivity index (χ0) is 20.9. The van der Waals surface area contributed by atoms with Gasteiger partial charge in [-0.15, -0.1) is 11.3 Å². The molecule has 0 saturated heterocycles. The van der Waals surface area contributed by atoms with E-state index in [0.717, 1.165) is 11.3 Å². The molecule has 1 aromatic rings. The summed E-state index contributed by atoms with van der Waals surface area (Å²) < 4.78 is 15.2. The van der Waals surface area contributed by atoms with Crippen LogP contribution in [0, 0.1) is 12.3 Å². The second-order valence-corrected chi connectivity index (χ2v) is 7.79. The molecule has 0 unspecified atom stereocenters. The van der Waals surface area contributed by atoms with E-state index in [1.165, 1.54) is 0 Å². The van der Waals surface area contributed by atoms with Gasteiger partial charge in [0.25, 0.3) is 0 Å². The maximum atomic E-state index is 12.7. The van der Waals surface area contributed by atoms with Gasteiger partial charge in [0.15, 0.2) is 0 Å². The molecule has 0 aliphatic heterocycles. The highest BCUT2D eigenvalue weighted by Crippen LogP contribution is 2.50. The summed E-state index contributed by atoms with van der Waals surface area (Å²) in [7, 11) is 0. The summed E-state index contributed by atoms with van der Waals surface area (Å²) in [6, 6.07) is 0. The molecule has 1 heterocycles. The summed E-state index contributed by atoms with van der Waals surface area (Å²) in [6.07, 6.45) is 1.28. The van der Waals surface area contributed by atoms with Crippen LogP contribution in [0.3, 0.4) is 0 Å². The van der Waals surface area contributed by atoms with Crippen molar-refractivity contribution in [2.45, 2.75) is 53.4 Å². The quantitative estimate of drug-likeness (QED) is 0.431. The maximum absolute atomic E-state index is 12.7. The Morgan fingerprint density at radius 3 is 2.04 bits per heavy atom. The lowest BCUT2D eigenvalue weighted by Gasteiger charge is -2.12. The molecule has 28 heavy (non-hydrogen) atoms. The SMILES string of the molecule is CCOC(=O)c1sc(CC(=O)CC2(C(=O)OCC)CC2)c(C(=O)OCC)c1C. The number of thiophene rings is 1. The van der Waals surface area contributed by atoms with Crippen LogP contribution in [0.15, 0.2) is 0 Å². The molecule has 0 amide bonds. The fourth-order valence-corrected chi connectivity index (χ4v) is 4.28. The van der Waals surface area contributed by atoms with Crippen molar-refractivity contribution in [1.29, 1.82) is 0 Å². The van der Waals surface area contributed by atoms with Crippen molar-refractivity contribution >= 4 is 35.0 Å². The summed E-state index contributed by atoms with van der Waals surface area (Å²) in [4.78, 5) is 50.1. The Kier molecular flexibility index (Phi) is 7.35. The fraction of sp³-hybridized carbons (Fsp3) is 0.600. The van der Waals surface area contributed by atoms with Crippen LogP contribution in [0.4, 0.5) is 0 Å². The van der Waals surface area contributed by atoms with Crippen molar-refractivity contribution in [3.63, 3.8) is 0 Å². The van der Waals surface area contributed by atoms with Crippen molar-refractivity contribution in [3.05, 3.63) is 20.9 Å². The minimum Gasteiger partial charge on any atom is -0.466 e. The van der Waals surface area contributed by atoms with Crippen molar-refractivity contribution < 1.29 is 33.4 Å². The number of Topliss-reactive ketones (excluding diaryl/α,β-unsaturated/α-hetero) is 1. The summed E-state index contributed by atoms with van der Waals surface area (Å²) in [6.45, 7) is 7.42. The number of rotatable bonds is 10. The first-order chi connectivity index (χ1) is 13.3. The molecule has 0 aromatic carbocycles. The third-order valence-corrected chi connectivity index (χ3v) is 5.89. The highest BCUT2D eigenvalue weighted by Gasteiger charge is 2.52. The smallest absolute Gasteiger partial charge is 0.348 e. The predicted molar refractivity (Wildman–Crippen MR) is 103 cm³/mol. The summed E-state index contributed by atoms with van der Waals surface area (Å²) in [5.74, 6) is -1.61. The molecule has 1 aliphatic rings. The Morgan fingerprint density at radius 1 is 0.929 bits per heavy atom. The van der Waals surface area contributed by atoms with Gasteiger partial charge in [0, 0.05) is 17.7 Å². The molecule has 1 fully saturated rings. The number of carbonyl (C=O) groups excluding carboxylic acids is 4. The number of ketones is 1. The Labute approximate surface area is 168 Å². The average molecular weight is 410 g/mol. The summed E-state index contributed by atoms with van der Waals surface area (Å²) >= 11 is 1.07. The van der Waals surface area contributed by atoms with Crippen LogP contribution in [0.5, 0.6) is 0 Å². The predicted octanol–water partition coefficient (Wildman–Crippen LogP) is 3.25. The standard InChI is InChI=1S/C20H26O7S/c1-5-25-17(22)15-12(4)16(18(23)26-6-2)28-14(15)10-13(21)11-20(8-9-20)19(24)27-7-3/h5-11H2,1-4H3. The number of ether oxygens (including phenoxy) is 3. The van der Waals surface area contributed by atoms with Gasteiger partial charge in [-0.1, -0.05) is 0 Å². The highest BCUT2D eigenvalue weighted by atomic mass is 32.1. The highest BCUT2D eigenvalue weighted by molar-refractivity contribution is 7.14. The van der Waals surface area contributed by atoms with E-state index in [-0.39, 0.29) is 50.0 Å². The first kappa shape index (κ1) is 22.1. The lowest BCUT2D eigenvalue weighted by atomic mass is 9.96. The summed E-state index contributed by atoms with van der Waals surface area (Å²) in [5.41, 5.74) is -0.0338. The van der Waals surface area contributed by atoms with Crippen LogP contribution < -0.4 is 0 Å². The van der Waals surface area contributed by atoms with Crippen LogP contribution in [-0.2, 0) is 30.2 Å². The third-order valence-electron chi connectivity index (χ3n) is 4.62. The molecule has 7 nitrogen and oxygen atoms in total. The Morgan fingerprint density at radius 2 is 1.50 bits per heavy atom. The molecule has 0 spiro atoms. The molecule has 1 aromatic heterocycles. The third kappa shape index (κ3) is 4.79. The molecule has 0 N–H and O–H groups in total. The minimum absolute atomic E-state index is 0.0415. The van der Waals surface area contributed by atoms with E-state index in [2.05, 4.69) is 0 Å². The number of carbonyl (C=O) groups is 4. The second-order valence-electron chi connectivity index (χ2n) is 6.69. The molecular weight excluding hydrogens is 384 g/mol. The van der Waals surface area contributed by atoms with Gasteiger partial charge in [-0.25, -0.2) is 9.59 Å². The molecule has 1 saturated carbocycles. The van der Waals surface area contributed by atoms with Gasteiger partial charge in [-0.2, -0.15) is 0 Å². The van der Waals surface area contributed by atoms with E-state index in [0.29, 0.717) is 28.2 Å². The summed E-state index contributed by atoms with van der Waals surface area (Å²) in [5, 5.41) is 0. The van der Waals surface area contributed by atoms with Gasteiger partial charge < -0.3 is 14.2 Å². The van der Waals surface area contributed by atoms with E-state index in [9.17, 15) is 19.2 Å². The minimum atomic E-state index is -0.729. The van der Waals surface area contributed by atoms with E-state index >= 15 is 0 Å². The van der Waals surface area contributed by atoms with Gasteiger partial charge in [-0.05, 0) is 46.1 Å². The first-order valence-electron chi connectivity index (χ1n) is 9.45. The van der Waals surface area contributed by atoms with Gasteiger partial charge in [-0.3, -0.25) is 9.59 Å². The van der Waals surface area contributed by atoms with Crippen molar-refractivity contribution in [2.24, 2.45) is 5.41 Å². The van der Waals surface area contributed by atoms with E-state index in [1.807, 2.05) is 0 Å². The molecule has 0 atom stereocenters. The van der Waals surface area contributed by atoms with Crippen molar-refractivity contribution in [3.8, 4) is 0 Å². The Balaban J connectivity index is 2.24. The van der Waals surface area contributed by atoms with Gasteiger partial charge in [0.1, 0.15) is 10.7 Å². The normalized spacial score (nSPS) is 14.3. The zero-order valence-corrected chi connectivity index (χ0v) is 17.5. The average Bonchev–Trinajstić information content (AvgIpc) is 3.33. The van der Waals surface area contributed by atoms with Crippen LogP contribution >= 0.6 is 11.3 Å². The zero-order valence-electron chi connectivity index (χ0n) is 16.7. The van der Waals surface area contributed by atoms with E-state index in [1.54, 1.807) is 27.7 Å². The lowest BCUT2D eigenvalue weighted by Crippen LogP contribution is -2.23.